The van der Waals surface area contributed by atoms with E-state index in [9.17, 15) is 19.2 Å². The van der Waals surface area contributed by atoms with Crippen LogP contribution in [0.3, 0.4) is 0 Å². The van der Waals surface area contributed by atoms with Gasteiger partial charge in [0.1, 0.15) is 5.75 Å². The minimum absolute atomic E-state index is 0.311. The summed E-state index contributed by atoms with van der Waals surface area (Å²) in [5.41, 5.74) is -1.26. The summed E-state index contributed by atoms with van der Waals surface area (Å²) in [5, 5.41) is 0. The number of esters is 2. The van der Waals surface area contributed by atoms with E-state index in [1.807, 2.05) is 0 Å². The molecule has 3 heterocycles. The number of para-hydroxylation sites is 2. The molecule has 2 bridgehead atoms. The van der Waals surface area contributed by atoms with Crippen molar-refractivity contribution in [2.75, 3.05) is 12.0 Å². The number of amides is 2. The van der Waals surface area contributed by atoms with Gasteiger partial charge in [0.25, 0.3) is 6.29 Å². The Morgan fingerprint density at radius 1 is 1.10 bits per heavy atom. The zero-order valence-electron chi connectivity index (χ0n) is 16.0. The molecule has 4 atom stereocenters. The highest BCUT2D eigenvalue weighted by Crippen LogP contribution is 2.55. The number of ether oxygens (including phenoxy) is 4. The summed E-state index contributed by atoms with van der Waals surface area (Å²) < 4.78 is 21.6. The molecule has 2 amide bonds. The first-order valence-electron chi connectivity index (χ1n) is 9.02. The summed E-state index contributed by atoms with van der Waals surface area (Å²) in [4.78, 5) is 50.8. The molecule has 3 aliphatic rings. The molecular weight excluding hydrogens is 382 g/mol. The summed E-state index contributed by atoms with van der Waals surface area (Å²) in [6.45, 7) is 2.30. The fourth-order valence-electron chi connectivity index (χ4n) is 4.27. The van der Waals surface area contributed by atoms with E-state index in [0.717, 1.165) is 18.7 Å². The minimum Gasteiger partial charge on any atom is -0.495 e. The number of hydrogen-bond donors (Lipinski definition) is 0. The van der Waals surface area contributed by atoms with Crippen molar-refractivity contribution < 1.29 is 38.1 Å². The topological polar surface area (TPSA) is 108 Å². The smallest absolute Gasteiger partial charge is 0.305 e. The normalized spacial score (nSPS) is 29.4. The Bertz CT molecular complexity index is 924. The van der Waals surface area contributed by atoms with Crippen LogP contribution in [0, 0.1) is 11.8 Å². The summed E-state index contributed by atoms with van der Waals surface area (Å²) >= 11 is 0. The third-order valence-electron chi connectivity index (χ3n) is 5.32. The molecule has 3 aliphatic heterocycles. The lowest BCUT2D eigenvalue weighted by Crippen LogP contribution is -2.52. The second-order valence-corrected chi connectivity index (χ2v) is 7.03. The van der Waals surface area contributed by atoms with Crippen molar-refractivity contribution in [3.63, 3.8) is 0 Å². The molecule has 152 valence electrons. The number of methoxy groups -OCH3 is 1. The van der Waals surface area contributed by atoms with Crippen LogP contribution in [0.5, 0.6) is 5.75 Å². The van der Waals surface area contributed by atoms with Gasteiger partial charge in [-0.2, -0.15) is 0 Å². The van der Waals surface area contributed by atoms with E-state index in [1.165, 1.54) is 13.2 Å². The fraction of sp³-hybridized carbons (Fsp3) is 0.400. The average Bonchev–Trinajstić information content (AvgIpc) is 3.32. The van der Waals surface area contributed by atoms with E-state index >= 15 is 0 Å². The summed E-state index contributed by atoms with van der Waals surface area (Å²) in [7, 11) is 1.44. The van der Waals surface area contributed by atoms with Gasteiger partial charge in [-0.25, -0.2) is 4.90 Å². The van der Waals surface area contributed by atoms with Crippen molar-refractivity contribution in [1.82, 2.24) is 0 Å². The standard InChI is InChI=1S/C20H19NO8/c1-10(22)27-19(28-11(2)23)20-9-8-14(29-20)15-16(20)18(25)21(17(15)24)12-6-4-5-7-13(12)26-3/h4-9,14-16,19H,1-3H3/t14-,15+,16-,20-/m1/s1. The van der Waals surface area contributed by atoms with E-state index < -0.39 is 53.6 Å². The predicted molar refractivity (Wildman–Crippen MR) is 96.5 cm³/mol. The molecular formula is C20H19NO8. The van der Waals surface area contributed by atoms with Gasteiger partial charge in [-0.15, -0.1) is 0 Å². The number of benzene rings is 1. The molecule has 2 saturated heterocycles. The number of fused-ring (bicyclic) bond motifs is 5. The molecule has 9 nitrogen and oxygen atoms in total. The second kappa shape index (κ2) is 6.70. The summed E-state index contributed by atoms with van der Waals surface area (Å²) in [6.07, 6.45) is 0.956. The van der Waals surface area contributed by atoms with Crippen LogP contribution < -0.4 is 9.64 Å². The van der Waals surface area contributed by atoms with Crippen molar-refractivity contribution in [1.29, 1.82) is 0 Å². The fourth-order valence-corrected chi connectivity index (χ4v) is 4.27. The molecule has 0 saturated carbocycles. The number of hydrogen-bond acceptors (Lipinski definition) is 8. The largest absolute Gasteiger partial charge is 0.495 e. The molecule has 1 aromatic rings. The highest BCUT2D eigenvalue weighted by molar-refractivity contribution is 6.24. The van der Waals surface area contributed by atoms with Gasteiger partial charge in [-0.1, -0.05) is 18.2 Å². The second-order valence-electron chi connectivity index (χ2n) is 7.03. The van der Waals surface area contributed by atoms with Crippen LogP contribution in [0.4, 0.5) is 5.69 Å². The van der Waals surface area contributed by atoms with E-state index in [1.54, 1.807) is 30.3 Å². The maximum Gasteiger partial charge on any atom is 0.305 e. The monoisotopic (exact) mass is 401 g/mol. The van der Waals surface area contributed by atoms with Crippen molar-refractivity contribution in [3.8, 4) is 5.75 Å². The van der Waals surface area contributed by atoms with Crippen LogP contribution in [0.1, 0.15) is 13.8 Å². The number of carbonyl (C=O) groups excluding carboxylic acids is 4. The molecule has 2 fully saturated rings. The number of anilines is 1. The molecule has 0 unspecified atom stereocenters. The molecule has 9 heteroatoms. The Hall–Kier alpha value is -3.20. The Morgan fingerprint density at radius 2 is 1.76 bits per heavy atom. The van der Waals surface area contributed by atoms with Crippen LogP contribution in [0.25, 0.3) is 0 Å². The quantitative estimate of drug-likeness (QED) is 0.311. The van der Waals surface area contributed by atoms with Crippen molar-refractivity contribution in [2.45, 2.75) is 31.8 Å². The van der Waals surface area contributed by atoms with Gasteiger partial charge in [0.2, 0.25) is 11.8 Å². The lowest BCUT2D eigenvalue weighted by molar-refractivity contribution is -0.226. The molecule has 29 heavy (non-hydrogen) atoms. The van der Waals surface area contributed by atoms with Crippen LogP contribution in [0.15, 0.2) is 36.4 Å². The maximum atomic E-state index is 13.4. The molecule has 0 aromatic heterocycles. The highest BCUT2D eigenvalue weighted by atomic mass is 16.7. The molecule has 4 rings (SSSR count). The van der Waals surface area contributed by atoms with Gasteiger partial charge in [-0.3, -0.25) is 19.2 Å². The van der Waals surface area contributed by atoms with Gasteiger partial charge in [0.15, 0.2) is 5.60 Å². The van der Waals surface area contributed by atoms with Crippen molar-refractivity contribution in [3.05, 3.63) is 36.4 Å². The van der Waals surface area contributed by atoms with Crippen LogP contribution >= 0.6 is 0 Å². The first-order valence-corrected chi connectivity index (χ1v) is 9.02. The van der Waals surface area contributed by atoms with Crippen molar-refractivity contribution in [2.24, 2.45) is 11.8 Å². The van der Waals surface area contributed by atoms with Gasteiger partial charge in [0, 0.05) is 13.8 Å². The van der Waals surface area contributed by atoms with Gasteiger partial charge in [-0.05, 0) is 18.2 Å². The molecule has 0 spiro atoms. The summed E-state index contributed by atoms with van der Waals surface area (Å²) in [6, 6.07) is 6.66. The molecule has 1 aromatic carbocycles. The molecule has 0 N–H and O–H groups in total. The Morgan fingerprint density at radius 3 is 2.38 bits per heavy atom. The number of imide groups is 1. The first kappa shape index (κ1) is 19.1. The van der Waals surface area contributed by atoms with Crippen LogP contribution in [0.2, 0.25) is 0 Å². The van der Waals surface area contributed by atoms with Gasteiger partial charge >= 0.3 is 11.9 Å². The Balaban J connectivity index is 1.77. The predicted octanol–water partition coefficient (Wildman–Crippen LogP) is 0.960. The highest BCUT2D eigenvalue weighted by Gasteiger charge is 2.72. The van der Waals surface area contributed by atoms with E-state index in [4.69, 9.17) is 18.9 Å². The number of carbonyl (C=O) groups is 4. The molecule has 0 aliphatic carbocycles. The third kappa shape index (κ3) is 2.72. The minimum atomic E-state index is -1.57. The lowest BCUT2D eigenvalue weighted by Gasteiger charge is -2.34. The van der Waals surface area contributed by atoms with Gasteiger partial charge in [0.05, 0.1) is 30.7 Å². The maximum absolute atomic E-state index is 13.4. The Kier molecular flexibility index (Phi) is 4.42. The average molecular weight is 401 g/mol. The summed E-state index contributed by atoms with van der Waals surface area (Å²) in [5.74, 6) is -3.91. The van der Waals surface area contributed by atoms with Crippen molar-refractivity contribution >= 4 is 29.4 Å². The van der Waals surface area contributed by atoms with E-state index in [-0.39, 0.29) is 0 Å². The third-order valence-corrected chi connectivity index (χ3v) is 5.32. The number of nitrogens with zero attached hydrogens (tertiary/aromatic N) is 1. The SMILES string of the molecule is COc1ccccc1N1C(=O)[C@H]2[C@H]3C=C[C@@](C(OC(C)=O)OC(C)=O)(O3)[C@H]2C1=O. The van der Waals surface area contributed by atoms with E-state index in [2.05, 4.69) is 0 Å². The number of rotatable bonds is 5. The first-order chi connectivity index (χ1) is 13.8. The van der Waals surface area contributed by atoms with Gasteiger partial charge < -0.3 is 18.9 Å². The zero-order chi connectivity index (χ0) is 20.9. The zero-order valence-corrected chi connectivity index (χ0v) is 16.0. The van der Waals surface area contributed by atoms with Crippen LogP contribution in [-0.2, 0) is 33.4 Å². The molecule has 0 radical (unpaired) electrons. The van der Waals surface area contributed by atoms with E-state index in [0.29, 0.717) is 11.4 Å². The lowest BCUT2D eigenvalue weighted by atomic mass is 9.76. The van der Waals surface area contributed by atoms with Crippen LogP contribution in [-0.4, -0.2) is 48.9 Å². The Labute approximate surface area is 166 Å².